The molecule has 0 amide bonds. The maximum absolute atomic E-state index is 11.4. The van der Waals surface area contributed by atoms with Crippen molar-refractivity contribution < 1.29 is 8.42 Å². The maximum Gasteiger partial charge on any atom is 0.150 e. The van der Waals surface area contributed by atoms with Gasteiger partial charge in [0.25, 0.3) is 0 Å². The Morgan fingerprint density at radius 1 is 1.27 bits per heavy atom. The van der Waals surface area contributed by atoms with Crippen LogP contribution in [0.25, 0.3) is 0 Å². The molecular weight excluding hydrogens is 210 g/mol. The highest BCUT2D eigenvalue weighted by Gasteiger charge is 2.24. The minimum atomic E-state index is -2.78. The Bertz CT molecular complexity index is 274. The highest BCUT2D eigenvalue weighted by atomic mass is 32.2. The van der Waals surface area contributed by atoms with Crippen LogP contribution < -0.4 is 5.32 Å². The van der Waals surface area contributed by atoms with Gasteiger partial charge in [-0.25, -0.2) is 8.42 Å². The van der Waals surface area contributed by atoms with Crippen molar-refractivity contribution in [3.63, 3.8) is 0 Å². The lowest BCUT2D eigenvalue weighted by Crippen LogP contribution is -2.37. The van der Waals surface area contributed by atoms with Crippen molar-refractivity contribution in [1.29, 1.82) is 0 Å². The van der Waals surface area contributed by atoms with E-state index in [-0.39, 0.29) is 5.75 Å². The smallest absolute Gasteiger partial charge is 0.150 e. The highest BCUT2D eigenvalue weighted by molar-refractivity contribution is 7.91. The molecule has 1 fully saturated rings. The summed E-state index contributed by atoms with van der Waals surface area (Å²) in [6.07, 6.45) is 5.76. The van der Waals surface area contributed by atoms with Crippen molar-refractivity contribution in [2.75, 3.05) is 18.6 Å². The summed E-state index contributed by atoms with van der Waals surface area (Å²) in [5.74, 6) is 1.21. The fourth-order valence-corrected chi connectivity index (χ4v) is 3.36. The molecular formula is C11H23NO2S. The second-order valence-corrected chi connectivity index (χ2v) is 6.94. The number of nitrogens with one attached hydrogen (secondary N) is 1. The van der Waals surface area contributed by atoms with E-state index >= 15 is 0 Å². The predicted molar refractivity (Wildman–Crippen MR) is 63.8 cm³/mol. The third-order valence-corrected chi connectivity index (χ3v) is 5.26. The van der Waals surface area contributed by atoms with E-state index in [4.69, 9.17) is 0 Å². The van der Waals surface area contributed by atoms with Crippen LogP contribution in [0.5, 0.6) is 0 Å². The Labute approximate surface area is 93.6 Å². The second-order valence-electron chi connectivity index (χ2n) is 4.46. The molecule has 0 heterocycles. The van der Waals surface area contributed by atoms with Crippen molar-refractivity contribution in [3.05, 3.63) is 0 Å². The van der Waals surface area contributed by atoms with E-state index in [0.29, 0.717) is 17.7 Å². The zero-order valence-electron chi connectivity index (χ0n) is 9.83. The highest BCUT2D eigenvalue weighted by Crippen LogP contribution is 2.27. The van der Waals surface area contributed by atoms with E-state index in [1.807, 2.05) is 7.05 Å². The first-order chi connectivity index (χ1) is 7.09. The average molecular weight is 233 g/mol. The fraction of sp³-hybridized carbons (Fsp3) is 1.00. The lowest BCUT2D eigenvalue weighted by Gasteiger charge is -2.31. The summed E-state index contributed by atoms with van der Waals surface area (Å²) >= 11 is 0. The minimum absolute atomic E-state index is 0.282. The van der Waals surface area contributed by atoms with Gasteiger partial charge in [-0.2, -0.15) is 0 Å². The first kappa shape index (κ1) is 13.0. The Kier molecular flexibility index (Phi) is 5.06. The van der Waals surface area contributed by atoms with Crippen LogP contribution in [0.1, 0.15) is 39.0 Å². The quantitative estimate of drug-likeness (QED) is 0.784. The van der Waals surface area contributed by atoms with Crippen LogP contribution in [-0.4, -0.2) is 33.0 Å². The Hall–Kier alpha value is -0.0900. The van der Waals surface area contributed by atoms with Crippen molar-refractivity contribution in [2.45, 2.75) is 45.1 Å². The third kappa shape index (κ3) is 4.11. The first-order valence-corrected chi connectivity index (χ1v) is 7.79. The van der Waals surface area contributed by atoms with Crippen molar-refractivity contribution >= 4 is 9.84 Å². The van der Waals surface area contributed by atoms with Crippen LogP contribution in [0.15, 0.2) is 0 Å². The van der Waals surface area contributed by atoms with Crippen molar-refractivity contribution in [1.82, 2.24) is 5.32 Å². The van der Waals surface area contributed by atoms with Gasteiger partial charge in [0.2, 0.25) is 0 Å². The monoisotopic (exact) mass is 233 g/mol. The van der Waals surface area contributed by atoms with Crippen LogP contribution >= 0.6 is 0 Å². The van der Waals surface area contributed by atoms with Crippen LogP contribution in [0, 0.1) is 5.92 Å². The third-order valence-electron chi connectivity index (χ3n) is 3.52. The Morgan fingerprint density at radius 2 is 1.93 bits per heavy atom. The van der Waals surface area contributed by atoms with E-state index in [0.717, 1.165) is 6.42 Å². The zero-order chi connectivity index (χ0) is 11.3. The molecule has 2 atom stereocenters. The van der Waals surface area contributed by atoms with Gasteiger partial charge < -0.3 is 5.32 Å². The normalized spacial score (nSPS) is 27.9. The number of sulfone groups is 1. The Balaban J connectivity index is 2.42. The molecule has 1 saturated carbocycles. The standard InChI is InChI=1S/C11H23NO2S/c1-3-15(13,14)9-8-10-6-4-5-7-11(10)12-2/h10-12H,3-9H2,1-2H3. The molecule has 90 valence electrons. The molecule has 2 unspecified atom stereocenters. The summed E-state index contributed by atoms with van der Waals surface area (Å²) in [7, 11) is -0.795. The van der Waals surface area contributed by atoms with E-state index in [2.05, 4.69) is 5.32 Å². The lowest BCUT2D eigenvalue weighted by atomic mass is 9.83. The molecule has 0 aromatic heterocycles. The van der Waals surface area contributed by atoms with Gasteiger partial charge in [-0.05, 0) is 32.2 Å². The van der Waals surface area contributed by atoms with Crippen molar-refractivity contribution in [2.24, 2.45) is 5.92 Å². The van der Waals surface area contributed by atoms with Gasteiger partial charge in [0.1, 0.15) is 9.84 Å². The number of hydrogen-bond donors (Lipinski definition) is 1. The summed E-state index contributed by atoms with van der Waals surface area (Å²) in [6, 6.07) is 0.533. The molecule has 1 aliphatic rings. The van der Waals surface area contributed by atoms with Gasteiger partial charge in [0.15, 0.2) is 0 Å². The Morgan fingerprint density at radius 3 is 2.53 bits per heavy atom. The fourth-order valence-electron chi connectivity index (χ4n) is 2.41. The molecule has 0 aliphatic heterocycles. The van der Waals surface area contributed by atoms with Gasteiger partial charge >= 0.3 is 0 Å². The van der Waals surface area contributed by atoms with E-state index in [1.54, 1.807) is 6.92 Å². The first-order valence-electron chi connectivity index (χ1n) is 5.96. The summed E-state index contributed by atoms with van der Waals surface area (Å²) < 4.78 is 22.8. The predicted octanol–water partition coefficient (Wildman–Crippen LogP) is 1.59. The van der Waals surface area contributed by atoms with Crippen molar-refractivity contribution in [3.8, 4) is 0 Å². The summed E-state index contributed by atoms with van der Waals surface area (Å²) in [5, 5.41) is 3.31. The minimum Gasteiger partial charge on any atom is -0.317 e. The molecule has 4 heteroatoms. The van der Waals surface area contributed by atoms with Gasteiger partial charge in [0.05, 0.1) is 5.75 Å². The molecule has 0 radical (unpaired) electrons. The summed E-state index contributed by atoms with van der Waals surface area (Å²) in [4.78, 5) is 0. The molecule has 0 aromatic rings. The molecule has 0 bridgehead atoms. The second kappa shape index (κ2) is 5.85. The van der Waals surface area contributed by atoms with E-state index < -0.39 is 9.84 Å². The molecule has 0 spiro atoms. The summed E-state index contributed by atoms with van der Waals surface area (Å²) in [5.41, 5.74) is 0. The van der Waals surface area contributed by atoms with Crippen LogP contribution in [0.3, 0.4) is 0 Å². The molecule has 0 saturated heterocycles. The molecule has 15 heavy (non-hydrogen) atoms. The maximum atomic E-state index is 11.4. The van der Waals surface area contributed by atoms with E-state index in [1.165, 1.54) is 25.7 Å². The van der Waals surface area contributed by atoms with Crippen LogP contribution in [0.4, 0.5) is 0 Å². The number of hydrogen-bond acceptors (Lipinski definition) is 3. The van der Waals surface area contributed by atoms with Gasteiger partial charge in [0, 0.05) is 11.8 Å². The summed E-state index contributed by atoms with van der Waals surface area (Å²) in [6.45, 7) is 1.73. The van der Waals surface area contributed by atoms with Gasteiger partial charge in [-0.15, -0.1) is 0 Å². The SMILES string of the molecule is CCS(=O)(=O)CCC1CCCCC1NC. The molecule has 1 rings (SSSR count). The van der Waals surface area contributed by atoms with Gasteiger partial charge in [-0.1, -0.05) is 19.8 Å². The lowest BCUT2D eigenvalue weighted by molar-refractivity contribution is 0.268. The van der Waals surface area contributed by atoms with E-state index in [9.17, 15) is 8.42 Å². The zero-order valence-corrected chi connectivity index (χ0v) is 10.6. The van der Waals surface area contributed by atoms with Crippen LogP contribution in [0.2, 0.25) is 0 Å². The largest absolute Gasteiger partial charge is 0.317 e. The van der Waals surface area contributed by atoms with Gasteiger partial charge in [-0.3, -0.25) is 0 Å². The molecule has 3 nitrogen and oxygen atoms in total. The number of rotatable bonds is 5. The van der Waals surface area contributed by atoms with Crippen LogP contribution in [-0.2, 0) is 9.84 Å². The molecule has 1 N–H and O–H groups in total. The topological polar surface area (TPSA) is 46.2 Å². The molecule has 1 aliphatic carbocycles. The molecule has 0 aromatic carbocycles. The average Bonchev–Trinajstić information content (AvgIpc) is 2.27.